The van der Waals surface area contributed by atoms with E-state index < -0.39 is 0 Å². The molecule has 0 aliphatic heterocycles. The SMILES string of the molecule is CC(CNCC(=O)NCC1CC1)N(C)C1CC1. The number of hydrogen-bond acceptors (Lipinski definition) is 3. The summed E-state index contributed by atoms with van der Waals surface area (Å²) in [6, 6.07) is 1.30. The Bertz CT molecular complexity index is 261. The van der Waals surface area contributed by atoms with Crippen LogP contribution in [0.1, 0.15) is 32.6 Å². The average molecular weight is 239 g/mol. The molecule has 2 saturated carbocycles. The average Bonchev–Trinajstić information content (AvgIpc) is 3.18. The summed E-state index contributed by atoms with van der Waals surface area (Å²) in [5, 5.41) is 6.21. The van der Waals surface area contributed by atoms with E-state index in [-0.39, 0.29) is 5.91 Å². The van der Waals surface area contributed by atoms with Crippen molar-refractivity contribution in [3.05, 3.63) is 0 Å². The Morgan fingerprint density at radius 2 is 2.06 bits per heavy atom. The van der Waals surface area contributed by atoms with Crippen LogP contribution < -0.4 is 10.6 Å². The molecule has 4 nitrogen and oxygen atoms in total. The summed E-state index contributed by atoms with van der Waals surface area (Å²) in [4.78, 5) is 13.9. The van der Waals surface area contributed by atoms with Crippen LogP contribution in [0.5, 0.6) is 0 Å². The van der Waals surface area contributed by atoms with Gasteiger partial charge in [0.25, 0.3) is 0 Å². The van der Waals surface area contributed by atoms with Crippen molar-refractivity contribution >= 4 is 5.91 Å². The van der Waals surface area contributed by atoms with Gasteiger partial charge < -0.3 is 10.6 Å². The highest BCUT2D eigenvalue weighted by molar-refractivity contribution is 5.77. The fraction of sp³-hybridized carbons (Fsp3) is 0.923. The number of amides is 1. The van der Waals surface area contributed by atoms with Gasteiger partial charge in [-0.05, 0) is 45.6 Å². The van der Waals surface area contributed by atoms with Crippen molar-refractivity contribution in [3.8, 4) is 0 Å². The number of nitrogens with one attached hydrogen (secondary N) is 2. The lowest BCUT2D eigenvalue weighted by molar-refractivity contribution is -0.120. The van der Waals surface area contributed by atoms with Crippen LogP contribution in [0.4, 0.5) is 0 Å². The molecular formula is C13H25N3O. The van der Waals surface area contributed by atoms with E-state index >= 15 is 0 Å². The molecule has 0 saturated heterocycles. The first-order chi connectivity index (χ1) is 8.16. The van der Waals surface area contributed by atoms with Crippen LogP contribution in [0.2, 0.25) is 0 Å². The van der Waals surface area contributed by atoms with Crippen LogP contribution in [-0.2, 0) is 4.79 Å². The van der Waals surface area contributed by atoms with Gasteiger partial charge in [-0.15, -0.1) is 0 Å². The molecule has 98 valence electrons. The van der Waals surface area contributed by atoms with Crippen molar-refractivity contribution in [1.82, 2.24) is 15.5 Å². The van der Waals surface area contributed by atoms with E-state index in [1.54, 1.807) is 0 Å². The largest absolute Gasteiger partial charge is 0.355 e. The number of hydrogen-bond donors (Lipinski definition) is 2. The number of likely N-dealkylation sites (N-methyl/N-ethyl adjacent to an activating group) is 1. The second kappa shape index (κ2) is 5.83. The first-order valence-electron chi connectivity index (χ1n) is 6.86. The van der Waals surface area contributed by atoms with Crippen molar-refractivity contribution in [2.24, 2.45) is 5.92 Å². The molecule has 1 atom stereocenters. The zero-order chi connectivity index (χ0) is 12.3. The van der Waals surface area contributed by atoms with Gasteiger partial charge in [-0.1, -0.05) is 0 Å². The lowest BCUT2D eigenvalue weighted by Crippen LogP contribution is -2.42. The van der Waals surface area contributed by atoms with E-state index in [0.29, 0.717) is 12.6 Å². The van der Waals surface area contributed by atoms with Crippen LogP contribution in [0.15, 0.2) is 0 Å². The fourth-order valence-corrected chi connectivity index (χ4v) is 2.02. The summed E-state index contributed by atoms with van der Waals surface area (Å²) < 4.78 is 0. The van der Waals surface area contributed by atoms with E-state index in [4.69, 9.17) is 0 Å². The van der Waals surface area contributed by atoms with Gasteiger partial charge in [0, 0.05) is 25.2 Å². The summed E-state index contributed by atoms with van der Waals surface area (Å²) in [7, 11) is 2.18. The van der Waals surface area contributed by atoms with Crippen molar-refractivity contribution in [2.75, 3.05) is 26.7 Å². The quantitative estimate of drug-likeness (QED) is 0.651. The summed E-state index contributed by atoms with van der Waals surface area (Å²) in [6.07, 6.45) is 5.25. The second-order valence-corrected chi connectivity index (χ2v) is 5.62. The van der Waals surface area contributed by atoms with Crippen LogP contribution in [0.3, 0.4) is 0 Å². The molecule has 2 N–H and O–H groups in total. The summed E-state index contributed by atoms with van der Waals surface area (Å²) in [6.45, 7) is 4.44. The number of rotatable bonds is 8. The van der Waals surface area contributed by atoms with Gasteiger partial charge in [0.2, 0.25) is 5.91 Å². The van der Waals surface area contributed by atoms with Gasteiger partial charge in [0.15, 0.2) is 0 Å². The smallest absolute Gasteiger partial charge is 0.233 e. The third-order valence-corrected chi connectivity index (χ3v) is 3.83. The monoisotopic (exact) mass is 239 g/mol. The number of carbonyl (C=O) groups excluding carboxylic acids is 1. The highest BCUT2D eigenvalue weighted by atomic mass is 16.1. The highest BCUT2D eigenvalue weighted by Gasteiger charge is 2.28. The molecule has 1 amide bonds. The standard InChI is InChI=1S/C13H25N3O/c1-10(16(2)12-5-6-12)7-14-9-13(17)15-8-11-3-4-11/h10-12,14H,3-9H2,1-2H3,(H,15,17). The van der Waals surface area contributed by atoms with E-state index in [2.05, 4.69) is 29.5 Å². The Morgan fingerprint density at radius 1 is 1.35 bits per heavy atom. The minimum Gasteiger partial charge on any atom is -0.355 e. The van der Waals surface area contributed by atoms with E-state index in [9.17, 15) is 4.79 Å². The van der Waals surface area contributed by atoms with Gasteiger partial charge in [-0.2, -0.15) is 0 Å². The Hall–Kier alpha value is -0.610. The van der Waals surface area contributed by atoms with Gasteiger partial charge >= 0.3 is 0 Å². The van der Waals surface area contributed by atoms with Crippen LogP contribution in [0, 0.1) is 5.92 Å². The van der Waals surface area contributed by atoms with Crippen LogP contribution >= 0.6 is 0 Å². The van der Waals surface area contributed by atoms with E-state index in [1.807, 2.05) is 0 Å². The molecule has 0 spiro atoms. The minimum absolute atomic E-state index is 0.137. The van der Waals surface area contributed by atoms with Crippen molar-refractivity contribution in [3.63, 3.8) is 0 Å². The predicted molar refractivity (Wildman–Crippen MR) is 68.9 cm³/mol. The third kappa shape index (κ3) is 4.64. The van der Waals surface area contributed by atoms with E-state index in [1.165, 1.54) is 25.7 Å². The van der Waals surface area contributed by atoms with Gasteiger partial charge in [0.05, 0.1) is 6.54 Å². The Balaban J connectivity index is 1.50. The molecule has 2 fully saturated rings. The highest BCUT2D eigenvalue weighted by Crippen LogP contribution is 2.27. The first kappa shape index (κ1) is 12.8. The summed E-state index contributed by atoms with van der Waals surface area (Å²) in [5.74, 6) is 0.900. The molecule has 1 unspecified atom stereocenters. The Morgan fingerprint density at radius 3 is 2.65 bits per heavy atom. The molecule has 0 radical (unpaired) electrons. The zero-order valence-corrected chi connectivity index (χ0v) is 11.0. The van der Waals surface area contributed by atoms with Gasteiger partial charge in [-0.25, -0.2) is 0 Å². The van der Waals surface area contributed by atoms with Gasteiger partial charge in [-0.3, -0.25) is 9.69 Å². The maximum atomic E-state index is 11.5. The first-order valence-corrected chi connectivity index (χ1v) is 6.86. The van der Waals surface area contributed by atoms with E-state index in [0.717, 1.165) is 25.0 Å². The molecule has 2 aliphatic rings. The second-order valence-electron chi connectivity index (χ2n) is 5.62. The normalized spacial score (nSPS) is 21.6. The zero-order valence-electron chi connectivity index (χ0n) is 11.0. The van der Waals surface area contributed by atoms with Crippen LogP contribution in [0.25, 0.3) is 0 Å². The van der Waals surface area contributed by atoms with Crippen molar-refractivity contribution in [1.29, 1.82) is 0 Å². The molecule has 2 rings (SSSR count). The third-order valence-electron chi connectivity index (χ3n) is 3.83. The summed E-state index contributed by atoms with van der Waals surface area (Å²) in [5.41, 5.74) is 0. The molecule has 2 aliphatic carbocycles. The molecule has 0 aromatic rings. The molecule has 0 bridgehead atoms. The molecule has 17 heavy (non-hydrogen) atoms. The Labute approximate surface area is 104 Å². The summed E-state index contributed by atoms with van der Waals surface area (Å²) >= 11 is 0. The molecule has 0 aromatic carbocycles. The molecule has 0 aromatic heterocycles. The lowest BCUT2D eigenvalue weighted by atomic mass is 10.3. The van der Waals surface area contributed by atoms with Gasteiger partial charge in [0.1, 0.15) is 0 Å². The minimum atomic E-state index is 0.137. The Kier molecular flexibility index (Phi) is 4.40. The fourth-order valence-electron chi connectivity index (χ4n) is 2.02. The van der Waals surface area contributed by atoms with Crippen molar-refractivity contribution in [2.45, 2.75) is 44.7 Å². The maximum Gasteiger partial charge on any atom is 0.233 e. The van der Waals surface area contributed by atoms with Crippen molar-refractivity contribution < 1.29 is 4.79 Å². The molecule has 4 heteroatoms. The topological polar surface area (TPSA) is 44.4 Å². The van der Waals surface area contributed by atoms with Crippen LogP contribution in [-0.4, -0.2) is 49.6 Å². The number of nitrogens with zero attached hydrogens (tertiary/aromatic N) is 1. The maximum absolute atomic E-state index is 11.5. The molecule has 0 heterocycles. The lowest BCUT2D eigenvalue weighted by Gasteiger charge is -2.24. The molecular weight excluding hydrogens is 214 g/mol. The predicted octanol–water partition coefficient (Wildman–Crippen LogP) is 0.585. The number of carbonyl (C=O) groups is 1.